The van der Waals surface area contributed by atoms with Gasteiger partial charge in [0.05, 0.1) is 25.0 Å². The van der Waals surface area contributed by atoms with Gasteiger partial charge in [-0.1, -0.05) is 18.2 Å². The third-order valence-corrected chi connectivity index (χ3v) is 10.2. The maximum atomic E-state index is 13.2. The van der Waals surface area contributed by atoms with Crippen LogP contribution in [0.15, 0.2) is 71.6 Å². The molecule has 2 heterocycles. The number of halogens is 3. The number of aryl methyl sites for hydroxylation is 1. The van der Waals surface area contributed by atoms with Crippen LogP contribution in [0.4, 0.5) is 18.9 Å². The quantitative estimate of drug-likeness (QED) is 0.110. The van der Waals surface area contributed by atoms with Crippen molar-refractivity contribution >= 4 is 34.8 Å². The number of anilines is 1. The fraction of sp³-hybridized carbons (Fsp3) is 0.371. The van der Waals surface area contributed by atoms with E-state index in [4.69, 9.17) is 19.2 Å². The van der Waals surface area contributed by atoms with E-state index in [-0.39, 0.29) is 0 Å². The topological polar surface area (TPSA) is 64.1 Å². The maximum Gasteiger partial charge on any atom is 0.416 e. The van der Waals surface area contributed by atoms with E-state index in [0.717, 1.165) is 70.8 Å². The van der Waals surface area contributed by atoms with E-state index in [2.05, 4.69) is 15.9 Å². The molecular formula is C35H38F3N3O4S2. The zero-order valence-electron chi connectivity index (χ0n) is 26.8. The van der Waals surface area contributed by atoms with Crippen molar-refractivity contribution in [1.29, 1.82) is 0 Å². The van der Waals surface area contributed by atoms with Crippen molar-refractivity contribution in [3.63, 3.8) is 0 Å². The first-order valence-corrected chi connectivity index (χ1v) is 17.2. The zero-order chi connectivity index (χ0) is 33.6. The molecule has 0 radical (unpaired) electrons. The number of alkyl halides is 3. The van der Waals surface area contributed by atoms with Gasteiger partial charge in [-0.2, -0.15) is 13.2 Å². The van der Waals surface area contributed by atoms with Crippen molar-refractivity contribution in [3.05, 3.63) is 88.4 Å². The summed E-state index contributed by atoms with van der Waals surface area (Å²) in [6.07, 6.45) is -5.11. The van der Waals surface area contributed by atoms with Gasteiger partial charge in [0, 0.05) is 65.6 Å². The van der Waals surface area contributed by atoms with Crippen LogP contribution >= 0.6 is 23.1 Å². The van der Waals surface area contributed by atoms with Gasteiger partial charge in [-0.3, -0.25) is 4.90 Å². The molecule has 1 fully saturated rings. The first-order chi connectivity index (χ1) is 22.5. The number of hydrogen-bond acceptors (Lipinski definition) is 9. The molecule has 250 valence electrons. The number of carbonyl (C=O) groups excluding carboxylic acids is 1. The lowest BCUT2D eigenvalue weighted by Crippen LogP contribution is -2.46. The van der Waals surface area contributed by atoms with Gasteiger partial charge in [-0.05, 0) is 68.8 Å². The molecule has 1 saturated heterocycles. The Morgan fingerprint density at radius 3 is 2.45 bits per heavy atom. The van der Waals surface area contributed by atoms with Crippen LogP contribution in [0.5, 0.6) is 11.5 Å². The van der Waals surface area contributed by atoms with Gasteiger partial charge < -0.3 is 19.1 Å². The summed E-state index contributed by atoms with van der Waals surface area (Å²) >= 11 is 3.18. The Kier molecular flexibility index (Phi) is 11.4. The molecule has 12 heteroatoms. The molecule has 0 N–H and O–H groups in total. The summed E-state index contributed by atoms with van der Waals surface area (Å²) < 4.78 is 55.9. The number of thioether (sulfide) groups is 1. The Bertz CT molecular complexity index is 1650. The van der Waals surface area contributed by atoms with Gasteiger partial charge in [0.1, 0.15) is 16.5 Å². The largest absolute Gasteiger partial charge is 0.497 e. The Labute approximate surface area is 281 Å². The van der Waals surface area contributed by atoms with Crippen LogP contribution in [0, 0.1) is 6.92 Å². The number of nitrogens with zero attached hydrogens (tertiary/aromatic N) is 3. The standard InChI is InChI=1S/C35H38F3N3O4S2/c1-5-44-34(42)24(3)45-31-14-13-29(19-23(31)2)46-22-32-30(39-33(47-32)25-9-11-26(12-10-25)35(36,37)38)21-40-15-17-41(18-16-40)27-7-6-8-28(20-27)43-4/h6-14,19-20,24H,5,15-18,21-22H2,1-4H3. The molecule has 3 aromatic carbocycles. The van der Waals surface area contributed by atoms with E-state index in [1.54, 1.807) is 32.7 Å². The molecule has 1 unspecified atom stereocenters. The number of piperazine rings is 1. The molecular weight excluding hydrogens is 648 g/mol. The van der Waals surface area contributed by atoms with Crippen LogP contribution in [-0.4, -0.2) is 61.9 Å². The molecule has 5 rings (SSSR count). The Balaban J connectivity index is 1.30. The predicted octanol–water partition coefficient (Wildman–Crippen LogP) is 8.09. The summed E-state index contributed by atoms with van der Waals surface area (Å²) in [5, 5.41) is 0.701. The van der Waals surface area contributed by atoms with E-state index in [0.29, 0.717) is 35.2 Å². The Morgan fingerprint density at radius 2 is 1.79 bits per heavy atom. The van der Waals surface area contributed by atoms with Crippen molar-refractivity contribution in [2.45, 2.75) is 50.2 Å². The van der Waals surface area contributed by atoms with E-state index in [9.17, 15) is 18.0 Å². The Hall–Kier alpha value is -3.74. The molecule has 0 spiro atoms. The van der Waals surface area contributed by atoms with Crippen LogP contribution in [0.3, 0.4) is 0 Å². The van der Waals surface area contributed by atoms with Gasteiger partial charge in [-0.15, -0.1) is 23.1 Å². The summed E-state index contributed by atoms with van der Waals surface area (Å²) in [6.45, 7) is 9.71. The number of hydrogen-bond donors (Lipinski definition) is 0. The number of esters is 1. The molecule has 1 aromatic heterocycles. The highest BCUT2D eigenvalue weighted by Crippen LogP contribution is 2.37. The average molecular weight is 686 g/mol. The van der Waals surface area contributed by atoms with Gasteiger partial charge >= 0.3 is 12.1 Å². The minimum Gasteiger partial charge on any atom is -0.497 e. The maximum absolute atomic E-state index is 13.2. The zero-order valence-corrected chi connectivity index (χ0v) is 28.4. The highest BCUT2D eigenvalue weighted by molar-refractivity contribution is 7.98. The molecule has 7 nitrogen and oxygen atoms in total. The summed E-state index contributed by atoms with van der Waals surface area (Å²) in [6, 6.07) is 19.1. The number of methoxy groups -OCH3 is 1. The highest BCUT2D eigenvalue weighted by atomic mass is 32.2. The number of thiazole rings is 1. The Morgan fingerprint density at radius 1 is 1.04 bits per heavy atom. The molecule has 0 saturated carbocycles. The second-order valence-corrected chi connectivity index (χ2v) is 13.3. The van der Waals surface area contributed by atoms with Crippen molar-refractivity contribution in [1.82, 2.24) is 9.88 Å². The number of rotatable bonds is 12. The SMILES string of the molecule is CCOC(=O)C(C)Oc1ccc(SCc2sc(-c3ccc(C(F)(F)F)cc3)nc2CN2CCN(c3cccc(OC)c3)CC2)cc1C. The lowest BCUT2D eigenvalue weighted by atomic mass is 10.1. The molecule has 0 amide bonds. The lowest BCUT2D eigenvalue weighted by molar-refractivity contribution is -0.150. The molecule has 0 aliphatic carbocycles. The number of carbonyl (C=O) groups is 1. The molecule has 47 heavy (non-hydrogen) atoms. The van der Waals surface area contributed by atoms with Crippen LogP contribution in [0.2, 0.25) is 0 Å². The fourth-order valence-electron chi connectivity index (χ4n) is 5.22. The number of ether oxygens (including phenoxy) is 3. The third kappa shape index (κ3) is 9.00. The van der Waals surface area contributed by atoms with Crippen LogP contribution in [-0.2, 0) is 28.0 Å². The second kappa shape index (κ2) is 15.4. The van der Waals surface area contributed by atoms with Crippen molar-refractivity contribution in [2.75, 3.05) is 44.8 Å². The van der Waals surface area contributed by atoms with Gasteiger partial charge in [0.25, 0.3) is 0 Å². The first kappa shape index (κ1) is 34.6. The lowest BCUT2D eigenvalue weighted by Gasteiger charge is -2.36. The van der Waals surface area contributed by atoms with Crippen molar-refractivity contribution < 1.29 is 32.2 Å². The van der Waals surface area contributed by atoms with Crippen molar-refractivity contribution in [3.8, 4) is 22.1 Å². The first-order valence-electron chi connectivity index (χ1n) is 15.4. The highest BCUT2D eigenvalue weighted by Gasteiger charge is 2.30. The van der Waals surface area contributed by atoms with E-state index in [1.165, 1.54) is 23.5 Å². The molecule has 1 atom stereocenters. The van der Waals surface area contributed by atoms with E-state index >= 15 is 0 Å². The summed E-state index contributed by atoms with van der Waals surface area (Å²) in [4.78, 5) is 23.8. The molecule has 1 aliphatic rings. The van der Waals surface area contributed by atoms with Crippen LogP contribution < -0.4 is 14.4 Å². The van der Waals surface area contributed by atoms with Crippen LogP contribution in [0.25, 0.3) is 10.6 Å². The van der Waals surface area contributed by atoms with E-state index < -0.39 is 23.8 Å². The van der Waals surface area contributed by atoms with E-state index in [1.807, 2.05) is 43.3 Å². The third-order valence-electron chi connectivity index (χ3n) is 7.84. The average Bonchev–Trinajstić information content (AvgIpc) is 3.47. The van der Waals surface area contributed by atoms with Gasteiger partial charge in [0.2, 0.25) is 0 Å². The summed E-state index contributed by atoms with van der Waals surface area (Å²) in [7, 11) is 1.67. The summed E-state index contributed by atoms with van der Waals surface area (Å²) in [5.74, 6) is 1.68. The second-order valence-electron chi connectivity index (χ2n) is 11.2. The molecule has 1 aliphatic heterocycles. The fourth-order valence-corrected chi connectivity index (χ4v) is 7.39. The predicted molar refractivity (Wildman–Crippen MR) is 180 cm³/mol. The number of aromatic nitrogens is 1. The van der Waals surface area contributed by atoms with Gasteiger partial charge in [-0.25, -0.2) is 9.78 Å². The molecule has 0 bridgehead atoms. The molecule has 4 aromatic rings. The summed E-state index contributed by atoms with van der Waals surface area (Å²) in [5.41, 5.74) is 2.95. The monoisotopic (exact) mass is 685 g/mol. The normalized spacial score (nSPS) is 14.6. The van der Waals surface area contributed by atoms with Crippen molar-refractivity contribution in [2.24, 2.45) is 0 Å². The van der Waals surface area contributed by atoms with Crippen LogP contribution in [0.1, 0.15) is 35.5 Å². The smallest absolute Gasteiger partial charge is 0.416 e. The van der Waals surface area contributed by atoms with Gasteiger partial charge in [0.15, 0.2) is 6.10 Å². The number of benzene rings is 3. The minimum absolute atomic E-state index is 0.292. The minimum atomic E-state index is -4.39.